The summed E-state index contributed by atoms with van der Waals surface area (Å²) in [7, 11) is 0. The van der Waals surface area contributed by atoms with Crippen LogP contribution in [0.5, 0.6) is 0 Å². The Morgan fingerprint density at radius 1 is 0.952 bits per heavy atom. The van der Waals surface area contributed by atoms with Crippen LogP contribution in [-0.4, -0.2) is 23.1 Å². The Kier molecular flexibility index (Phi) is 4.28. The summed E-state index contributed by atoms with van der Waals surface area (Å²) in [4.78, 5) is 0. The second-order valence-corrected chi connectivity index (χ2v) is 6.48. The van der Waals surface area contributed by atoms with E-state index in [4.69, 9.17) is 0 Å². The lowest BCUT2D eigenvalue weighted by molar-refractivity contribution is -0.397. The molecule has 0 aromatic carbocycles. The van der Waals surface area contributed by atoms with Gasteiger partial charge in [0.2, 0.25) is 0 Å². The van der Waals surface area contributed by atoms with Gasteiger partial charge in [-0.05, 0) is 30.6 Å². The fourth-order valence-corrected chi connectivity index (χ4v) is 4.47. The average Bonchev–Trinajstić information content (AvgIpc) is 2.35. The van der Waals surface area contributed by atoms with E-state index in [1.165, 1.54) is 0 Å². The van der Waals surface area contributed by atoms with Gasteiger partial charge in [-0.3, -0.25) is 0 Å². The first-order valence-electron chi connectivity index (χ1n) is 7.38. The molecule has 2 saturated carbocycles. The predicted molar refractivity (Wildman–Crippen MR) is 64.4 cm³/mol. The van der Waals surface area contributed by atoms with Gasteiger partial charge < -0.3 is 5.11 Å². The maximum Gasteiger partial charge on any atom is 0.426 e. The maximum atomic E-state index is 13.1. The van der Waals surface area contributed by atoms with Crippen molar-refractivity contribution in [3.8, 4) is 0 Å². The van der Waals surface area contributed by atoms with Crippen molar-refractivity contribution >= 4 is 0 Å². The molecule has 1 N–H and O–H groups in total. The largest absolute Gasteiger partial charge is 0.426 e. The maximum absolute atomic E-state index is 13.1. The van der Waals surface area contributed by atoms with Crippen molar-refractivity contribution < 1.29 is 31.4 Å². The minimum atomic E-state index is -5.70. The molecule has 124 valence electrons. The van der Waals surface area contributed by atoms with E-state index in [2.05, 4.69) is 0 Å². The van der Waals surface area contributed by atoms with Crippen molar-refractivity contribution in [3.05, 3.63) is 0 Å². The molecule has 21 heavy (non-hydrogen) atoms. The summed E-state index contributed by atoms with van der Waals surface area (Å²) in [5, 5.41) is 9.77. The molecule has 1 nitrogen and oxygen atoms in total. The van der Waals surface area contributed by atoms with E-state index in [1.54, 1.807) is 6.92 Å². The van der Waals surface area contributed by atoms with Crippen LogP contribution in [0, 0.1) is 23.7 Å². The van der Waals surface area contributed by atoms with E-state index in [9.17, 15) is 31.4 Å². The van der Waals surface area contributed by atoms with Gasteiger partial charge in [-0.1, -0.05) is 32.6 Å². The summed E-state index contributed by atoms with van der Waals surface area (Å²) < 4.78 is 78.9. The van der Waals surface area contributed by atoms with Gasteiger partial charge in [-0.2, -0.15) is 26.3 Å². The molecule has 0 saturated heterocycles. The Bertz CT molecular complexity index is 359. The second kappa shape index (κ2) is 5.32. The Hall–Kier alpha value is -0.460. The molecular formula is C14H20F6O. The van der Waals surface area contributed by atoms with Crippen LogP contribution in [0.1, 0.15) is 45.4 Å². The SMILES string of the molecule is CCC1CC2CCCC(C2)C1C(O)(C(F)(F)F)C(F)(F)F. The summed E-state index contributed by atoms with van der Waals surface area (Å²) >= 11 is 0. The van der Waals surface area contributed by atoms with Crippen LogP contribution in [0.15, 0.2) is 0 Å². The number of fused-ring (bicyclic) bond motifs is 2. The lowest BCUT2D eigenvalue weighted by atomic mass is 9.56. The first kappa shape index (κ1) is 16.9. The lowest BCUT2D eigenvalue weighted by Gasteiger charge is -2.52. The van der Waals surface area contributed by atoms with Crippen molar-refractivity contribution in [1.82, 2.24) is 0 Å². The van der Waals surface area contributed by atoms with E-state index in [-0.39, 0.29) is 12.3 Å². The van der Waals surface area contributed by atoms with Crippen molar-refractivity contribution in [2.45, 2.75) is 63.4 Å². The van der Waals surface area contributed by atoms with Gasteiger partial charge in [-0.15, -0.1) is 0 Å². The van der Waals surface area contributed by atoms with Crippen LogP contribution >= 0.6 is 0 Å². The summed E-state index contributed by atoms with van der Waals surface area (Å²) in [6.45, 7) is 1.60. The van der Waals surface area contributed by atoms with Crippen molar-refractivity contribution in [1.29, 1.82) is 0 Å². The smallest absolute Gasteiger partial charge is 0.373 e. The van der Waals surface area contributed by atoms with E-state index in [0.717, 1.165) is 6.42 Å². The molecule has 2 rings (SSSR count). The van der Waals surface area contributed by atoms with Gasteiger partial charge in [0.05, 0.1) is 0 Å². The molecule has 2 bridgehead atoms. The first-order chi connectivity index (χ1) is 9.52. The molecule has 0 radical (unpaired) electrons. The molecule has 0 aliphatic heterocycles. The number of aliphatic hydroxyl groups is 1. The zero-order valence-electron chi connectivity index (χ0n) is 11.8. The van der Waals surface area contributed by atoms with Gasteiger partial charge in [-0.25, -0.2) is 0 Å². The quantitative estimate of drug-likeness (QED) is 0.732. The number of rotatable bonds is 2. The Balaban J connectivity index is 2.46. The number of hydrogen-bond donors (Lipinski definition) is 1. The molecule has 0 aromatic heterocycles. The lowest BCUT2D eigenvalue weighted by Crippen LogP contribution is -2.66. The Morgan fingerprint density at radius 2 is 1.52 bits per heavy atom. The molecular weight excluding hydrogens is 298 g/mol. The summed E-state index contributed by atoms with van der Waals surface area (Å²) in [5.74, 6) is -3.01. The minimum Gasteiger partial charge on any atom is -0.373 e. The predicted octanol–water partition coefficient (Wildman–Crippen LogP) is 4.69. The topological polar surface area (TPSA) is 20.2 Å². The summed E-state index contributed by atoms with van der Waals surface area (Å²) in [6.07, 6.45) is -8.59. The Morgan fingerprint density at radius 3 is 2.00 bits per heavy atom. The molecule has 2 fully saturated rings. The third-order valence-electron chi connectivity index (χ3n) is 5.35. The van der Waals surface area contributed by atoms with Crippen LogP contribution in [0.4, 0.5) is 26.3 Å². The van der Waals surface area contributed by atoms with Crippen molar-refractivity contribution in [3.63, 3.8) is 0 Å². The highest BCUT2D eigenvalue weighted by atomic mass is 19.4. The van der Waals surface area contributed by atoms with Gasteiger partial charge in [0.1, 0.15) is 0 Å². The van der Waals surface area contributed by atoms with Gasteiger partial charge in [0.25, 0.3) is 5.60 Å². The number of alkyl halides is 6. The highest BCUT2D eigenvalue weighted by molar-refractivity contribution is 5.06. The van der Waals surface area contributed by atoms with Crippen LogP contribution in [0.3, 0.4) is 0 Å². The highest BCUT2D eigenvalue weighted by Gasteiger charge is 2.75. The number of halogens is 6. The summed E-state index contributed by atoms with van der Waals surface area (Å²) in [6, 6.07) is 0. The highest BCUT2D eigenvalue weighted by Crippen LogP contribution is 2.58. The standard InChI is InChI=1S/C14H20F6O/c1-2-9-6-8-4-3-5-10(7-8)11(9)12(21,13(15,16)17)14(18,19)20/h8-11,21H,2-7H2,1H3. The van der Waals surface area contributed by atoms with E-state index >= 15 is 0 Å². The molecule has 2 aliphatic rings. The number of hydrogen-bond acceptors (Lipinski definition) is 1. The molecule has 0 aromatic rings. The van der Waals surface area contributed by atoms with Crippen LogP contribution in [-0.2, 0) is 0 Å². The van der Waals surface area contributed by atoms with Gasteiger partial charge >= 0.3 is 12.4 Å². The van der Waals surface area contributed by atoms with Crippen LogP contribution < -0.4 is 0 Å². The molecule has 4 unspecified atom stereocenters. The molecule has 2 aliphatic carbocycles. The van der Waals surface area contributed by atoms with Gasteiger partial charge in [0.15, 0.2) is 0 Å². The van der Waals surface area contributed by atoms with Crippen molar-refractivity contribution in [2.75, 3.05) is 0 Å². The molecule has 0 heterocycles. The molecule has 0 amide bonds. The zero-order chi connectivity index (χ0) is 16.1. The Labute approximate surface area is 119 Å². The minimum absolute atomic E-state index is 0.204. The monoisotopic (exact) mass is 318 g/mol. The van der Waals surface area contributed by atoms with Crippen molar-refractivity contribution in [2.24, 2.45) is 23.7 Å². The third kappa shape index (κ3) is 2.66. The molecule has 4 atom stereocenters. The van der Waals surface area contributed by atoms with E-state index in [1.807, 2.05) is 0 Å². The van der Waals surface area contributed by atoms with E-state index in [0.29, 0.717) is 25.7 Å². The summed E-state index contributed by atoms with van der Waals surface area (Å²) in [5.41, 5.74) is -4.59. The van der Waals surface area contributed by atoms with Gasteiger partial charge in [0, 0.05) is 5.92 Å². The third-order valence-corrected chi connectivity index (χ3v) is 5.35. The van der Waals surface area contributed by atoms with Crippen LogP contribution in [0.25, 0.3) is 0 Å². The first-order valence-corrected chi connectivity index (χ1v) is 7.38. The average molecular weight is 318 g/mol. The zero-order valence-corrected chi connectivity index (χ0v) is 11.8. The second-order valence-electron chi connectivity index (χ2n) is 6.48. The normalized spacial score (nSPS) is 34.9. The van der Waals surface area contributed by atoms with Crippen LogP contribution in [0.2, 0.25) is 0 Å². The fourth-order valence-electron chi connectivity index (χ4n) is 4.47. The fraction of sp³-hybridized carbons (Fsp3) is 1.00. The molecule has 0 spiro atoms. The molecule has 7 heteroatoms. The van der Waals surface area contributed by atoms with E-state index < -0.39 is 35.7 Å².